The summed E-state index contributed by atoms with van der Waals surface area (Å²) in [6, 6.07) is 0. The van der Waals surface area contributed by atoms with Gasteiger partial charge in [-0.3, -0.25) is 9.69 Å². The van der Waals surface area contributed by atoms with Crippen molar-refractivity contribution < 1.29 is 15.0 Å². The van der Waals surface area contributed by atoms with Crippen LogP contribution in [0.5, 0.6) is 0 Å². The molecule has 0 unspecified atom stereocenters. The van der Waals surface area contributed by atoms with Crippen LogP contribution in [0.3, 0.4) is 0 Å². The maximum atomic E-state index is 10.4. The van der Waals surface area contributed by atoms with Gasteiger partial charge in [-0.25, -0.2) is 0 Å². The van der Waals surface area contributed by atoms with E-state index in [4.69, 9.17) is 10.2 Å². The van der Waals surface area contributed by atoms with Gasteiger partial charge in [0.2, 0.25) is 0 Å². The van der Waals surface area contributed by atoms with Crippen LogP contribution in [0.2, 0.25) is 0 Å². The number of nitrogens with zero attached hydrogens (tertiary/aromatic N) is 1. The molecule has 0 amide bonds. The van der Waals surface area contributed by atoms with Crippen LogP contribution in [0.4, 0.5) is 0 Å². The third-order valence-corrected chi connectivity index (χ3v) is 2.44. The normalized spacial score (nSPS) is 30.8. The number of aliphatic hydroxyl groups is 1. The number of carboxylic acids is 1. The number of aliphatic hydroxyl groups excluding tert-OH is 1. The fourth-order valence-electron chi connectivity index (χ4n) is 1.70. The molecular formula is C8H15NO3. The first-order valence-corrected chi connectivity index (χ1v) is 4.18. The van der Waals surface area contributed by atoms with E-state index in [1.807, 2.05) is 11.8 Å². The Morgan fingerprint density at radius 1 is 1.58 bits per heavy atom. The third kappa shape index (κ3) is 2.19. The van der Waals surface area contributed by atoms with E-state index in [1.54, 1.807) is 0 Å². The Morgan fingerprint density at radius 2 is 2.25 bits per heavy atom. The lowest BCUT2D eigenvalue weighted by atomic mass is 10.00. The molecule has 0 aromatic rings. The van der Waals surface area contributed by atoms with Crippen LogP contribution < -0.4 is 0 Å². The van der Waals surface area contributed by atoms with Gasteiger partial charge in [0.05, 0.1) is 6.54 Å². The summed E-state index contributed by atoms with van der Waals surface area (Å²) in [6.45, 7) is 3.81. The summed E-state index contributed by atoms with van der Waals surface area (Å²) in [5.41, 5.74) is 0. The molecule has 1 fully saturated rings. The van der Waals surface area contributed by atoms with Crippen molar-refractivity contribution in [3.8, 4) is 0 Å². The molecule has 1 aliphatic heterocycles. The molecule has 0 saturated carbocycles. The van der Waals surface area contributed by atoms with Crippen molar-refractivity contribution in [1.29, 1.82) is 0 Å². The average Bonchev–Trinajstić information content (AvgIpc) is 2.29. The number of likely N-dealkylation sites (tertiary alicyclic amines) is 1. The summed E-state index contributed by atoms with van der Waals surface area (Å²) in [6.07, 6.45) is 0. The second-order valence-electron chi connectivity index (χ2n) is 3.51. The van der Waals surface area contributed by atoms with Crippen molar-refractivity contribution in [2.45, 2.75) is 6.92 Å². The van der Waals surface area contributed by atoms with Gasteiger partial charge in [-0.05, 0) is 11.8 Å². The van der Waals surface area contributed by atoms with Gasteiger partial charge in [0.15, 0.2) is 0 Å². The molecule has 0 bridgehead atoms. The summed E-state index contributed by atoms with van der Waals surface area (Å²) in [5, 5.41) is 17.4. The van der Waals surface area contributed by atoms with Crippen LogP contribution in [-0.4, -0.2) is 47.3 Å². The van der Waals surface area contributed by atoms with Crippen LogP contribution in [0, 0.1) is 11.8 Å². The summed E-state index contributed by atoms with van der Waals surface area (Å²) < 4.78 is 0. The zero-order valence-corrected chi connectivity index (χ0v) is 7.23. The number of hydrogen-bond donors (Lipinski definition) is 2. The predicted octanol–water partition coefficient (Wildman–Crippen LogP) is -0.369. The first-order valence-electron chi connectivity index (χ1n) is 4.18. The van der Waals surface area contributed by atoms with Crippen LogP contribution in [0.1, 0.15) is 6.92 Å². The maximum Gasteiger partial charge on any atom is 0.317 e. The minimum atomic E-state index is -0.791. The minimum absolute atomic E-state index is 0.0981. The zero-order valence-electron chi connectivity index (χ0n) is 7.23. The molecular weight excluding hydrogens is 158 g/mol. The van der Waals surface area contributed by atoms with Gasteiger partial charge in [-0.2, -0.15) is 0 Å². The lowest BCUT2D eigenvalue weighted by Gasteiger charge is -2.11. The topological polar surface area (TPSA) is 60.8 Å². The molecule has 0 aromatic carbocycles. The summed E-state index contributed by atoms with van der Waals surface area (Å²) in [5.74, 6) is -0.125. The maximum absolute atomic E-state index is 10.4. The first kappa shape index (κ1) is 9.48. The molecule has 1 aliphatic rings. The molecule has 0 radical (unpaired) electrons. The molecule has 70 valence electrons. The van der Waals surface area contributed by atoms with Gasteiger partial charge < -0.3 is 10.2 Å². The van der Waals surface area contributed by atoms with E-state index in [-0.39, 0.29) is 19.1 Å². The van der Waals surface area contributed by atoms with Crippen molar-refractivity contribution in [1.82, 2.24) is 4.90 Å². The summed E-state index contributed by atoms with van der Waals surface area (Å²) in [4.78, 5) is 12.2. The third-order valence-electron chi connectivity index (χ3n) is 2.44. The second kappa shape index (κ2) is 3.87. The molecule has 4 nitrogen and oxygen atoms in total. The van der Waals surface area contributed by atoms with Gasteiger partial charge in [0.1, 0.15) is 0 Å². The SMILES string of the molecule is C[C@H]1CN(CC(=O)O)C[C@H]1CO. The van der Waals surface area contributed by atoms with Crippen LogP contribution in [0.15, 0.2) is 0 Å². The van der Waals surface area contributed by atoms with Crippen LogP contribution in [0.25, 0.3) is 0 Å². The van der Waals surface area contributed by atoms with E-state index < -0.39 is 5.97 Å². The highest BCUT2D eigenvalue weighted by molar-refractivity contribution is 5.69. The Morgan fingerprint density at radius 3 is 2.67 bits per heavy atom. The van der Waals surface area contributed by atoms with E-state index in [2.05, 4.69) is 0 Å². The zero-order chi connectivity index (χ0) is 9.14. The van der Waals surface area contributed by atoms with Gasteiger partial charge >= 0.3 is 5.97 Å². The quantitative estimate of drug-likeness (QED) is 0.611. The monoisotopic (exact) mass is 173 g/mol. The number of carboxylic acid groups (broad SMARTS) is 1. The molecule has 2 N–H and O–H groups in total. The van der Waals surface area contributed by atoms with Gasteiger partial charge in [-0.15, -0.1) is 0 Å². The summed E-state index contributed by atoms with van der Waals surface area (Å²) >= 11 is 0. The Labute approximate surface area is 71.8 Å². The average molecular weight is 173 g/mol. The lowest BCUT2D eigenvalue weighted by Crippen LogP contribution is -2.27. The Hall–Kier alpha value is -0.610. The fourth-order valence-corrected chi connectivity index (χ4v) is 1.70. The molecule has 2 atom stereocenters. The molecule has 0 spiro atoms. The standard InChI is InChI=1S/C8H15NO3/c1-6-2-9(4-8(11)12)3-7(6)5-10/h6-7,10H,2-5H2,1H3,(H,11,12)/t6-,7-/m0/s1. The number of aliphatic carboxylic acids is 1. The van der Waals surface area contributed by atoms with E-state index in [0.29, 0.717) is 12.5 Å². The molecule has 1 rings (SSSR count). The number of hydrogen-bond acceptors (Lipinski definition) is 3. The largest absolute Gasteiger partial charge is 0.480 e. The second-order valence-corrected chi connectivity index (χ2v) is 3.51. The van der Waals surface area contributed by atoms with E-state index in [0.717, 1.165) is 6.54 Å². The van der Waals surface area contributed by atoms with Gasteiger partial charge in [-0.1, -0.05) is 6.92 Å². The smallest absolute Gasteiger partial charge is 0.317 e. The highest BCUT2D eigenvalue weighted by Gasteiger charge is 2.29. The number of rotatable bonds is 3. The molecule has 4 heteroatoms. The Balaban J connectivity index is 2.37. The van der Waals surface area contributed by atoms with E-state index in [9.17, 15) is 4.79 Å². The highest BCUT2D eigenvalue weighted by atomic mass is 16.4. The highest BCUT2D eigenvalue weighted by Crippen LogP contribution is 2.21. The van der Waals surface area contributed by atoms with Crippen molar-refractivity contribution in [3.63, 3.8) is 0 Å². The van der Waals surface area contributed by atoms with E-state index >= 15 is 0 Å². The fraction of sp³-hybridized carbons (Fsp3) is 0.875. The lowest BCUT2D eigenvalue weighted by molar-refractivity contribution is -0.138. The Bertz CT molecular complexity index is 172. The molecule has 1 saturated heterocycles. The predicted molar refractivity (Wildman–Crippen MR) is 43.8 cm³/mol. The van der Waals surface area contributed by atoms with Crippen molar-refractivity contribution >= 4 is 5.97 Å². The van der Waals surface area contributed by atoms with E-state index in [1.165, 1.54) is 0 Å². The first-order chi connectivity index (χ1) is 5.63. The number of carbonyl (C=O) groups is 1. The van der Waals surface area contributed by atoms with Gasteiger partial charge in [0, 0.05) is 19.7 Å². The van der Waals surface area contributed by atoms with Crippen molar-refractivity contribution in [3.05, 3.63) is 0 Å². The minimum Gasteiger partial charge on any atom is -0.480 e. The van der Waals surface area contributed by atoms with Crippen LogP contribution in [-0.2, 0) is 4.79 Å². The molecule has 1 heterocycles. The van der Waals surface area contributed by atoms with Crippen molar-refractivity contribution in [2.75, 3.05) is 26.2 Å². The molecule has 0 aliphatic carbocycles. The summed E-state index contributed by atoms with van der Waals surface area (Å²) in [7, 11) is 0. The molecule has 12 heavy (non-hydrogen) atoms. The van der Waals surface area contributed by atoms with Crippen LogP contribution >= 0.6 is 0 Å². The molecule has 0 aromatic heterocycles. The van der Waals surface area contributed by atoms with Crippen molar-refractivity contribution in [2.24, 2.45) is 11.8 Å². The Kier molecular flexibility index (Phi) is 3.05. The van der Waals surface area contributed by atoms with Gasteiger partial charge in [0.25, 0.3) is 0 Å².